The van der Waals surface area contributed by atoms with Crippen LogP contribution in [0.25, 0.3) is 0 Å². The molecule has 0 saturated carbocycles. The SMILES string of the molecule is CC(C)(C)C(CC(=O)O)NC(=O)C(C)(N)C(F)(F)F. The van der Waals surface area contributed by atoms with Crippen LogP contribution < -0.4 is 11.1 Å². The van der Waals surface area contributed by atoms with Crippen molar-refractivity contribution in [2.24, 2.45) is 11.1 Å². The number of carbonyl (C=O) groups excluding carboxylic acids is 1. The third-order valence-electron chi connectivity index (χ3n) is 2.79. The van der Waals surface area contributed by atoms with E-state index in [4.69, 9.17) is 10.8 Å². The van der Waals surface area contributed by atoms with Crippen LogP contribution in [0.15, 0.2) is 0 Å². The van der Waals surface area contributed by atoms with Crippen molar-refractivity contribution in [3.63, 3.8) is 0 Å². The summed E-state index contributed by atoms with van der Waals surface area (Å²) in [5, 5.41) is 10.8. The Morgan fingerprint density at radius 1 is 1.21 bits per heavy atom. The summed E-state index contributed by atoms with van der Waals surface area (Å²) in [5.74, 6) is -2.66. The van der Waals surface area contributed by atoms with E-state index in [9.17, 15) is 22.8 Å². The minimum Gasteiger partial charge on any atom is -0.481 e. The van der Waals surface area contributed by atoms with E-state index in [2.05, 4.69) is 5.32 Å². The van der Waals surface area contributed by atoms with Gasteiger partial charge in [-0.05, 0) is 12.3 Å². The first kappa shape index (κ1) is 17.7. The first-order chi connectivity index (χ1) is 8.19. The summed E-state index contributed by atoms with van der Waals surface area (Å²) in [6.07, 6.45) is -5.40. The molecule has 4 N–H and O–H groups in total. The van der Waals surface area contributed by atoms with Crippen LogP contribution in [-0.2, 0) is 9.59 Å². The molecule has 0 aromatic rings. The lowest BCUT2D eigenvalue weighted by Gasteiger charge is -2.34. The predicted octanol–water partition coefficient (Wildman–Crippen LogP) is 1.27. The van der Waals surface area contributed by atoms with Gasteiger partial charge < -0.3 is 16.2 Å². The number of amides is 1. The summed E-state index contributed by atoms with van der Waals surface area (Å²) in [5.41, 5.74) is 1.20. The molecule has 2 atom stereocenters. The Bertz CT molecular complexity index is 359. The molecule has 0 aromatic heterocycles. The zero-order valence-corrected chi connectivity index (χ0v) is 11.3. The van der Waals surface area contributed by atoms with E-state index in [-0.39, 0.29) is 0 Å². The molecule has 0 bridgehead atoms. The monoisotopic (exact) mass is 284 g/mol. The molecule has 0 aliphatic rings. The van der Waals surface area contributed by atoms with Crippen LogP contribution in [-0.4, -0.2) is 34.7 Å². The van der Waals surface area contributed by atoms with Gasteiger partial charge >= 0.3 is 12.1 Å². The number of carboxylic acids is 1. The van der Waals surface area contributed by atoms with Gasteiger partial charge in [0.1, 0.15) is 0 Å². The van der Waals surface area contributed by atoms with Gasteiger partial charge in [0.2, 0.25) is 5.91 Å². The predicted molar refractivity (Wildman–Crippen MR) is 62.3 cm³/mol. The zero-order chi connectivity index (χ0) is 15.6. The summed E-state index contributed by atoms with van der Waals surface area (Å²) >= 11 is 0. The molecule has 0 spiro atoms. The summed E-state index contributed by atoms with van der Waals surface area (Å²) in [6.45, 7) is 5.38. The molecule has 8 heteroatoms. The molecular weight excluding hydrogens is 265 g/mol. The lowest BCUT2D eigenvalue weighted by atomic mass is 9.84. The molecule has 1 amide bonds. The van der Waals surface area contributed by atoms with Crippen LogP contribution >= 0.6 is 0 Å². The van der Waals surface area contributed by atoms with Crippen molar-refractivity contribution in [3.05, 3.63) is 0 Å². The molecule has 0 aliphatic carbocycles. The Labute approximate surface area is 109 Å². The second-order valence-corrected chi connectivity index (χ2v) is 5.69. The van der Waals surface area contributed by atoms with Crippen molar-refractivity contribution >= 4 is 11.9 Å². The molecule has 0 aromatic carbocycles. The number of rotatable bonds is 4. The molecule has 0 radical (unpaired) electrons. The highest BCUT2D eigenvalue weighted by molar-refractivity contribution is 5.87. The highest BCUT2D eigenvalue weighted by Crippen LogP contribution is 2.29. The van der Waals surface area contributed by atoms with Crippen LogP contribution in [0.3, 0.4) is 0 Å². The van der Waals surface area contributed by atoms with E-state index in [0.717, 1.165) is 0 Å². The Morgan fingerprint density at radius 2 is 1.63 bits per heavy atom. The van der Waals surface area contributed by atoms with Gasteiger partial charge in [0, 0.05) is 6.04 Å². The van der Waals surface area contributed by atoms with Crippen LogP contribution in [0.1, 0.15) is 34.1 Å². The minimum atomic E-state index is -4.91. The smallest absolute Gasteiger partial charge is 0.415 e. The van der Waals surface area contributed by atoms with Crippen LogP contribution in [0, 0.1) is 5.41 Å². The summed E-state index contributed by atoms with van der Waals surface area (Å²) in [6, 6.07) is -0.956. The lowest BCUT2D eigenvalue weighted by Crippen LogP contribution is -2.64. The molecule has 0 fully saturated rings. The van der Waals surface area contributed by atoms with Crippen LogP contribution in [0.4, 0.5) is 13.2 Å². The molecule has 2 unspecified atom stereocenters. The third kappa shape index (κ3) is 4.70. The summed E-state index contributed by atoms with van der Waals surface area (Å²) in [4.78, 5) is 22.3. The first-order valence-corrected chi connectivity index (χ1v) is 5.58. The Hall–Kier alpha value is -1.31. The Morgan fingerprint density at radius 3 is 1.89 bits per heavy atom. The van der Waals surface area contributed by atoms with Crippen molar-refractivity contribution in [2.75, 3.05) is 0 Å². The fraction of sp³-hybridized carbons (Fsp3) is 0.818. The Balaban J connectivity index is 5.07. The van der Waals surface area contributed by atoms with Crippen molar-refractivity contribution in [1.29, 1.82) is 0 Å². The van der Waals surface area contributed by atoms with Crippen molar-refractivity contribution < 1.29 is 27.9 Å². The van der Waals surface area contributed by atoms with Crippen LogP contribution in [0.5, 0.6) is 0 Å². The second-order valence-electron chi connectivity index (χ2n) is 5.69. The van der Waals surface area contributed by atoms with Gasteiger partial charge in [-0.3, -0.25) is 9.59 Å². The molecule has 112 valence electrons. The quantitative estimate of drug-likeness (QED) is 0.725. The number of nitrogens with one attached hydrogen (secondary N) is 1. The van der Waals surface area contributed by atoms with Gasteiger partial charge in [-0.25, -0.2) is 0 Å². The van der Waals surface area contributed by atoms with E-state index in [1.54, 1.807) is 20.8 Å². The number of carboxylic acid groups (broad SMARTS) is 1. The number of nitrogens with two attached hydrogens (primary N) is 1. The standard InChI is InChI=1S/C11H19F3N2O3/c1-9(2,3)6(5-7(17)18)16-8(19)10(4,15)11(12,13)14/h6H,5,15H2,1-4H3,(H,16,19)(H,17,18). The van der Waals surface area contributed by atoms with Gasteiger partial charge in [-0.2, -0.15) is 13.2 Å². The fourth-order valence-electron chi connectivity index (χ4n) is 1.19. The number of carbonyl (C=O) groups is 2. The number of halogens is 3. The fourth-order valence-corrected chi connectivity index (χ4v) is 1.19. The molecule has 0 aliphatic heterocycles. The van der Waals surface area contributed by atoms with Gasteiger partial charge in [0.15, 0.2) is 5.54 Å². The molecule has 19 heavy (non-hydrogen) atoms. The maximum atomic E-state index is 12.6. The van der Waals surface area contributed by atoms with Gasteiger partial charge in [-0.15, -0.1) is 0 Å². The molecular formula is C11H19F3N2O3. The molecule has 0 heterocycles. The number of hydrogen-bond donors (Lipinski definition) is 3. The van der Waals surface area contributed by atoms with Crippen molar-refractivity contribution in [1.82, 2.24) is 5.32 Å². The van der Waals surface area contributed by atoms with E-state index in [0.29, 0.717) is 6.92 Å². The number of aliphatic carboxylic acids is 1. The largest absolute Gasteiger partial charge is 0.481 e. The average Bonchev–Trinajstić information content (AvgIpc) is 2.12. The lowest BCUT2D eigenvalue weighted by molar-refractivity contribution is -0.188. The zero-order valence-electron chi connectivity index (χ0n) is 11.3. The van der Waals surface area contributed by atoms with Gasteiger partial charge in [0.05, 0.1) is 6.42 Å². The summed E-state index contributed by atoms with van der Waals surface area (Å²) in [7, 11) is 0. The van der Waals surface area contributed by atoms with E-state index >= 15 is 0 Å². The highest BCUT2D eigenvalue weighted by Gasteiger charge is 2.54. The molecule has 0 saturated heterocycles. The number of alkyl halides is 3. The second kappa shape index (κ2) is 5.36. The van der Waals surface area contributed by atoms with E-state index < -0.39 is 41.5 Å². The topological polar surface area (TPSA) is 92.4 Å². The molecule has 5 nitrogen and oxygen atoms in total. The minimum absolute atomic E-state index is 0.483. The maximum absolute atomic E-state index is 12.6. The maximum Gasteiger partial charge on any atom is 0.415 e. The van der Waals surface area contributed by atoms with Crippen LogP contribution in [0.2, 0.25) is 0 Å². The Kier molecular flexibility index (Phi) is 4.99. The van der Waals surface area contributed by atoms with E-state index in [1.807, 2.05) is 0 Å². The summed E-state index contributed by atoms with van der Waals surface area (Å²) < 4.78 is 37.8. The molecule has 0 rings (SSSR count). The third-order valence-corrected chi connectivity index (χ3v) is 2.79. The number of hydrogen-bond acceptors (Lipinski definition) is 3. The highest BCUT2D eigenvalue weighted by atomic mass is 19.4. The van der Waals surface area contributed by atoms with E-state index in [1.165, 1.54) is 0 Å². The van der Waals surface area contributed by atoms with Gasteiger partial charge in [-0.1, -0.05) is 20.8 Å². The van der Waals surface area contributed by atoms with Crippen molar-refractivity contribution in [2.45, 2.75) is 51.9 Å². The van der Waals surface area contributed by atoms with Crippen molar-refractivity contribution in [3.8, 4) is 0 Å². The average molecular weight is 284 g/mol. The first-order valence-electron chi connectivity index (χ1n) is 5.58. The van der Waals surface area contributed by atoms with Gasteiger partial charge in [0.25, 0.3) is 0 Å². The normalized spacial score (nSPS) is 17.5.